The first kappa shape index (κ1) is 22.3. The van der Waals surface area contributed by atoms with Crippen LogP contribution in [-0.2, 0) is 14.4 Å². The van der Waals surface area contributed by atoms with Crippen molar-refractivity contribution in [1.82, 2.24) is 4.90 Å². The summed E-state index contributed by atoms with van der Waals surface area (Å²) in [5.74, 6) is -5.81. The van der Waals surface area contributed by atoms with Crippen LogP contribution in [0.1, 0.15) is 13.3 Å². The zero-order chi connectivity index (χ0) is 22.7. The molecule has 3 rings (SSSR count). The van der Waals surface area contributed by atoms with Crippen LogP contribution in [0.2, 0.25) is 0 Å². The highest BCUT2D eigenvalue weighted by Crippen LogP contribution is 2.31. The highest BCUT2D eigenvalue weighted by Gasteiger charge is 2.30. The summed E-state index contributed by atoms with van der Waals surface area (Å²) >= 11 is 0. The Bertz CT molecular complexity index is 1030. The van der Waals surface area contributed by atoms with Crippen LogP contribution in [-0.4, -0.2) is 48.8 Å². The van der Waals surface area contributed by atoms with E-state index in [1.807, 2.05) is 0 Å². The number of carbonyl (C=O) groups is 3. The van der Waals surface area contributed by atoms with Crippen LogP contribution in [0.5, 0.6) is 0 Å². The Morgan fingerprint density at radius 1 is 1.13 bits per heavy atom. The third kappa shape index (κ3) is 5.02. The molecule has 0 saturated heterocycles. The predicted molar refractivity (Wildman–Crippen MR) is 109 cm³/mol. The molecule has 0 spiro atoms. The minimum Gasteiger partial charge on any atom is -0.324 e. The molecule has 0 saturated carbocycles. The number of benzene rings is 2. The summed E-state index contributed by atoms with van der Waals surface area (Å²) in [6.07, 6.45) is 0.111. The van der Waals surface area contributed by atoms with E-state index in [1.165, 1.54) is 16.8 Å². The summed E-state index contributed by atoms with van der Waals surface area (Å²) in [6, 6.07) is 8.11. The zero-order valence-corrected chi connectivity index (χ0v) is 16.9. The predicted octanol–water partition coefficient (Wildman–Crippen LogP) is 2.74. The first-order valence-electron chi connectivity index (χ1n) is 9.50. The fourth-order valence-electron chi connectivity index (χ4n) is 3.39. The second-order valence-electron chi connectivity index (χ2n) is 7.33. The summed E-state index contributed by atoms with van der Waals surface area (Å²) in [4.78, 5) is 40.1. The number of halogens is 3. The molecular formula is C21H21F3N4O3. The van der Waals surface area contributed by atoms with Gasteiger partial charge in [0.1, 0.15) is 0 Å². The van der Waals surface area contributed by atoms with E-state index in [9.17, 15) is 27.6 Å². The molecule has 1 aliphatic heterocycles. The van der Waals surface area contributed by atoms with Crippen LogP contribution in [0.4, 0.5) is 30.2 Å². The van der Waals surface area contributed by atoms with Crippen molar-refractivity contribution in [3.05, 3.63) is 53.8 Å². The molecule has 31 heavy (non-hydrogen) atoms. The van der Waals surface area contributed by atoms with E-state index in [1.54, 1.807) is 31.2 Å². The van der Waals surface area contributed by atoms with Crippen LogP contribution in [0, 0.1) is 17.5 Å². The molecular weight excluding hydrogens is 413 g/mol. The van der Waals surface area contributed by atoms with E-state index < -0.39 is 35.1 Å². The summed E-state index contributed by atoms with van der Waals surface area (Å²) in [5.41, 5.74) is 0.565. The van der Waals surface area contributed by atoms with Crippen LogP contribution in [0.3, 0.4) is 0 Å². The summed E-state index contributed by atoms with van der Waals surface area (Å²) in [7, 11) is 1.51. The first-order valence-corrected chi connectivity index (χ1v) is 9.50. The van der Waals surface area contributed by atoms with Crippen LogP contribution < -0.4 is 15.5 Å². The number of para-hydroxylation sites is 2. The number of carbonyl (C=O) groups excluding carboxylic acids is 3. The summed E-state index contributed by atoms with van der Waals surface area (Å²) < 4.78 is 40.1. The second kappa shape index (κ2) is 9.17. The minimum absolute atomic E-state index is 0.111. The van der Waals surface area contributed by atoms with Gasteiger partial charge in [-0.15, -0.1) is 0 Å². The molecule has 0 fully saturated rings. The molecule has 0 radical (unpaired) electrons. The van der Waals surface area contributed by atoms with Crippen molar-refractivity contribution >= 4 is 34.8 Å². The average Bonchev–Trinajstić information content (AvgIpc) is 2.82. The molecule has 0 unspecified atom stereocenters. The Labute approximate surface area is 176 Å². The number of nitrogens with one attached hydrogen (secondary N) is 2. The van der Waals surface area contributed by atoms with Crippen LogP contribution in [0.15, 0.2) is 36.4 Å². The lowest BCUT2D eigenvalue weighted by molar-refractivity contribution is -0.121. The fourth-order valence-corrected chi connectivity index (χ4v) is 3.39. The molecule has 2 aromatic carbocycles. The van der Waals surface area contributed by atoms with E-state index in [4.69, 9.17) is 0 Å². The maximum Gasteiger partial charge on any atom is 0.241 e. The van der Waals surface area contributed by atoms with Gasteiger partial charge in [-0.2, -0.15) is 0 Å². The van der Waals surface area contributed by atoms with E-state index in [0.29, 0.717) is 17.4 Å². The van der Waals surface area contributed by atoms with E-state index in [2.05, 4.69) is 10.6 Å². The minimum atomic E-state index is -1.68. The number of hydrogen-bond donors (Lipinski definition) is 2. The lowest BCUT2D eigenvalue weighted by Crippen LogP contribution is -2.45. The lowest BCUT2D eigenvalue weighted by Gasteiger charge is -2.29. The largest absolute Gasteiger partial charge is 0.324 e. The Hall–Kier alpha value is -3.40. The maximum atomic E-state index is 13.7. The van der Waals surface area contributed by atoms with Gasteiger partial charge in [0.05, 0.1) is 30.2 Å². The maximum absolute atomic E-state index is 13.7. The van der Waals surface area contributed by atoms with Crippen molar-refractivity contribution in [2.45, 2.75) is 19.4 Å². The van der Waals surface area contributed by atoms with Crippen LogP contribution in [0.25, 0.3) is 0 Å². The van der Waals surface area contributed by atoms with Gasteiger partial charge in [0, 0.05) is 12.5 Å². The standard InChI is InChI=1S/C21H21F3N4O3/c1-12-9-17(29)25-14-5-3-4-6-16(14)28(12)19(31)11-27(2)10-18(30)26-15-8-7-13(22)20(23)21(15)24/h3-8,12H,9-11H2,1-2H3,(H,25,29)(H,26,30)/t12-/m0/s1. The quantitative estimate of drug-likeness (QED) is 0.710. The Morgan fingerprint density at radius 2 is 1.84 bits per heavy atom. The molecule has 7 nitrogen and oxygen atoms in total. The smallest absolute Gasteiger partial charge is 0.241 e. The van der Waals surface area contributed by atoms with Gasteiger partial charge >= 0.3 is 0 Å². The van der Waals surface area contributed by atoms with Crippen molar-refractivity contribution in [2.24, 2.45) is 0 Å². The van der Waals surface area contributed by atoms with Gasteiger partial charge in [-0.25, -0.2) is 13.2 Å². The molecule has 164 valence electrons. The summed E-state index contributed by atoms with van der Waals surface area (Å²) in [5, 5.41) is 4.92. The molecule has 10 heteroatoms. The van der Waals surface area contributed by atoms with E-state index in [0.717, 1.165) is 6.07 Å². The molecule has 0 bridgehead atoms. The number of nitrogens with zero attached hydrogens (tertiary/aromatic N) is 2. The molecule has 0 aliphatic carbocycles. The number of rotatable bonds is 5. The fraction of sp³-hybridized carbons (Fsp3) is 0.286. The van der Waals surface area contributed by atoms with Crippen molar-refractivity contribution in [1.29, 1.82) is 0 Å². The number of anilines is 3. The molecule has 0 aromatic heterocycles. The highest BCUT2D eigenvalue weighted by atomic mass is 19.2. The van der Waals surface area contributed by atoms with Gasteiger partial charge in [0.2, 0.25) is 17.7 Å². The number of likely N-dealkylation sites (N-methyl/N-ethyl adjacent to an activating group) is 1. The third-order valence-corrected chi connectivity index (χ3v) is 4.76. The molecule has 1 heterocycles. The van der Waals surface area contributed by atoms with E-state index in [-0.39, 0.29) is 31.3 Å². The molecule has 3 amide bonds. The Kier molecular flexibility index (Phi) is 6.59. The number of amides is 3. The van der Waals surface area contributed by atoms with Gasteiger partial charge in [-0.05, 0) is 38.2 Å². The number of hydrogen-bond acceptors (Lipinski definition) is 4. The van der Waals surface area contributed by atoms with Crippen LogP contribution >= 0.6 is 0 Å². The second-order valence-corrected chi connectivity index (χ2v) is 7.33. The van der Waals surface area contributed by atoms with Crippen molar-refractivity contribution < 1.29 is 27.6 Å². The molecule has 1 aliphatic rings. The first-order chi connectivity index (χ1) is 14.7. The normalized spacial score (nSPS) is 15.9. The Morgan fingerprint density at radius 3 is 2.58 bits per heavy atom. The van der Waals surface area contributed by atoms with Gasteiger partial charge < -0.3 is 15.5 Å². The highest BCUT2D eigenvalue weighted by molar-refractivity contribution is 6.05. The van der Waals surface area contributed by atoms with E-state index >= 15 is 0 Å². The monoisotopic (exact) mass is 434 g/mol. The van der Waals surface area contributed by atoms with Crippen molar-refractivity contribution in [3.63, 3.8) is 0 Å². The van der Waals surface area contributed by atoms with Crippen molar-refractivity contribution in [2.75, 3.05) is 35.7 Å². The topological polar surface area (TPSA) is 81.8 Å². The number of fused-ring (bicyclic) bond motifs is 1. The third-order valence-electron chi connectivity index (χ3n) is 4.76. The van der Waals surface area contributed by atoms with Gasteiger partial charge in [-0.1, -0.05) is 12.1 Å². The summed E-state index contributed by atoms with van der Waals surface area (Å²) in [6.45, 7) is 1.28. The lowest BCUT2D eigenvalue weighted by atomic mass is 10.1. The molecule has 2 aromatic rings. The Balaban J connectivity index is 1.67. The van der Waals surface area contributed by atoms with Crippen molar-refractivity contribution in [3.8, 4) is 0 Å². The SMILES string of the molecule is C[C@H]1CC(=O)Nc2ccccc2N1C(=O)CN(C)CC(=O)Nc1ccc(F)c(F)c1F. The average molecular weight is 434 g/mol. The molecule has 2 N–H and O–H groups in total. The molecule has 1 atom stereocenters. The van der Waals surface area contributed by atoms with Gasteiger partial charge in [-0.3, -0.25) is 19.3 Å². The zero-order valence-electron chi connectivity index (χ0n) is 16.9. The van der Waals surface area contributed by atoms with Gasteiger partial charge in [0.15, 0.2) is 17.5 Å². The van der Waals surface area contributed by atoms with Gasteiger partial charge in [0.25, 0.3) is 0 Å².